The summed E-state index contributed by atoms with van der Waals surface area (Å²) in [6.07, 6.45) is 0.499. The molecule has 7 nitrogen and oxygen atoms in total. The van der Waals surface area contributed by atoms with Crippen LogP contribution < -0.4 is 5.32 Å². The quantitative estimate of drug-likeness (QED) is 0.713. The first-order valence-electron chi connectivity index (χ1n) is 9.43. The summed E-state index contributed by atoms with van der Waals surface area (Å²) in [4.78, 5) is 17.4. The number of sulfone groups is 1. The van der Waals surface area contributed by atoms with Gasteiger partial charge in [-0.05, 0) is 32.4 Å². The number of hydrogen-bond donors (Lipinski definition) is 1. The molecular weight excluding hydrogens is 388 g/mol. The molecular formula is C21H22N4O3S. The zero-order valence-electron chi connectivity index (χ0n) is 16.3. The molecule has 8 heteroatoms. The third kappa shape index (κ3) is 4.07. The Morgan fingerprint density at radius 2 is 1.90 bits per heavy atom. The van der Waals surface area contributed by atoms with Gasteiger partial charge in [-0.2, -0.15) is 5.10 Å². The molecule has 1 aliphatic heterocycles. The number of hydrogen-bond acceptors (Lipinski definition) is 5. The summed E-state index contributed by atoms with van der Waals surface area (Å²) >= 11 is 0. The first-order valence-corrected chi connectivity index (χ1v) is 11.3. The van der Waals surface area contributed by atoms with Crippen molar-refractivity contribution in [2.24, 2.45) is 0 Å². The van der Waals surface area contributed by atoms with Gasteiger partial charge in [-0.15, -0.1) is 0 Å². The van der Waals surface area contributed by atoms with E-state index < -0.39 is 9.84 Å². The van der Waals surface area contributed by atoms with Crippen molar-refractivity contribution >= 4 is 21.6 Å². The summed E-state index contributed by atoms with van der Waals surface area (Å²) in [5.74, 6) is 0.398. The molecule has 2 aromatic heterocycles. The molecule has 0 spiro atoms. The highest BCUT2D eigenvalue weighted by Crippen LogP contribution is 2.27. The lowest BCUT2D eigenvalue weighted by atomic mass is 10.1. The fourth-order valence-electron chi connectivity index (χ4n) is 3.61. The maximum Gasteiger partial charge on any atom is 0.258 e. The lowest BCUT2D eigenvalue weighted by Crippen LogP contribution is -2.20. The summed E-state index contributed by atoms with van der Waals surface area (Å²) < 4.78 is 25.3. The first kappa shape index (κ1) is 19.3. The summed E-state index contributed by atoms with van der Waals surface area (Å²) in [6.45, 7) is 3.62. The number of carbonyl (C=O) groups is 1. The van der Waals surface area contributed by atoms with E-state index in [4.69, 9.17) is 0 Å². The summed E-state index contributed by atoms with van der Waals surface area (Å²) in [7, 11) is -3.05. The SMILES string of the molecule is Cc1cc(NC(=O)c2ccc(-c3ccccc3)nc2C)n(C2CCS(=O)(=O)C2)n1. The molecule has 1 aromatic carbocycles. The zero-order chi connectivity index (χ0) is 20.6. The van der Waals surface area contributed by atoms with E-state index in [0.717, 1.165) is 17.0 Å². The molecule has 1 N–H and O–H groups in total. The van der Waals surface area contributed by atoms with Gasteiger partial charge in [-0.3, -0.25) is 9.78 Å². The molecule has 1 saturated heterocycles. The van der Waals surface area contributed by atoms with Crippen LogP contribution in [0.4, 0.5) is 5.82 Å². The molecule has 0 radical (unpaired) electrons. The number of nitrogens with one attached hydrogen (secondary N) is 1. The predicted molar refractivity (Wildman–Crippen MR) is 112 cm³/mol. The minimum Gasteiger partial charge on any atom is -0.307 e. The number of benzene rings is 1. The lowest BCUT2D eigenvalue weighted by molar-refractivity contribution is 0.102. The Balaban J connectivity index is 1.58. The number of aryl methyl sites for hydroxylation is 2. The minimum absolute atomic E-state index is 0.0450. The van der Waals surface area contributed by atoms with Crippen molar-refractivity contribution in [1.29, 1.82) is 0 Å². The van der Waals surface area contributed by atoms with Gasteiger partial charge in [0.25, 0.3) is 5.91 Å². The van der Waals surface area contributed by atoms with Crippen molar-refractivity contribution in [3.05, 3.63) is 65.5 Å². The van der Waals surface area contributed by atoms with Crippen molar-refractivity contribution < 1.29 is 13.2 Å². The largest absolute Gasteiger partial charge is 0.307 e. The molecule has 1 fully saturated rings. The third-order valence-corrected chi connectivity index (χ3v) is 6.80. The highest BCUT2D eigenvalue weighted by Gasteiger charge is 2.31. The maximum atomic E-state index is 12.9. The van der Waals surface area contributed by atoms with E-state index in [2.05, 4.69) is 15.4 Å². The van der Waals surface area contributed by atoms with Gasteiger partial charge in [0.05, 0.1) is 40.2 Å². The second-order valence-electron chi connectivity index (χ2n) is 7.32. The molecule has 0 aliphatic carbocycles. The first-order chi connectivity index (χ1) is 13.8. The highest BCUT2D eigenvalue weighted by atomic mass is 32.2. The number of pyridine rings is 1. The molecule has 1 atom stereocenters. The summed E-state index contributed by atoms with van der Waals surface area (Å²) in [6, 6.07) is 14.8. The van der Waals surface area contributed by atoms with Gasteiger partial charge in [0, 0.05) is 11.6 Å². The van der Waals surface area contributed by atoms with Crippen molar-refractivity contribution in [2.75, 3.05) is 16.8 Å². The number of amides is 1. The van der Waals surface area contributed by atoms with Crippen molar-refractivity contribution in [2.45, 2.75) is 26.3 Å². The van der Waals surface area contributed by atoms with Crippen LogP contribution in [-0.4, -0.2) is 40.6 Å². The topological polar surface area (TPSA) is 94.0 Å². The van der Waals surface area contributed by atoms with Gasteiger partial charge in [0.15, 0.2) is 9.84 Å². The number of anilines is 1. The van der Waals surface area contributed by atoms with E-state index >= 15 is 0 Å². The predicted octanol–water partition coefficient (Wildman–Crippen LogP) is 3.17. The molecule has 150 valence electrons. The zero-order valence-corrected chi connectivity index (χ0v) is 17.1. The monoisotopic (exact) mass is 410 g/mol. The Hall–Kier alpha value is -3.00. The lowest BCUT2D eigenvalue weighted by Gasteiger charge is -2.14. The smallest absolute Gasteiger partial charge is 0.258 e. The average Bonchev–Trinajstić information content (AvgIpc) is 3.23. The molecule has 0 bridgehead atoms. The fourth-order valence-corrected chi connectivity index (χ4v) is 5.30. The van der Waals surface area contributed by atoms with Crippen LogP contribution in [-0.2, 0) is 9.84 Å². The Labute approximate surface area is 169 Å². The Kier molecular flexibility index (Phi) is 4.96. The van der Waals surface area contributed by atoms with Crippen molar-refractivity contribution in [3.8, 4) is 11.3 Å². The van der Waals surface area contributed by atoms with Crippen LogP contribution in [0.15, 0.2) is 48.5 Å². The van der Waals surface area contributed by atoms with E-state index in [1.54, 1.807) is 23.7 Å². The van der Waals surface area contributed by atoms with E-state index in [1.807, 2.05) is 43.3 Å². The molecule has 1 amide bonds. The normalized spacial score (nSPS) is 17.9. The standard InChI is InChI=1S/C21H22N4O3S/c1-14-12-20(25(24-14)17-10-11-29(27,28)13-17)23-21(26)18-8-9-19(22-15(18)2)16-6-4-3-5-7-16/h3-9,12,17H,10-11,13H2,1-2H3,(H,23,26). The van der Waals surface area contributed by atoms with Gasteiger partial charge in [-0.25, -0.2) is 13.1 Å². The molecule has 4 rings (SSSR count). The van der Waals surface area contributed by atoms with Gasteiger partial charge in [0.2, 0.25) is 0 Å². The molecule has 1 unspecified atom stereocenters. The number of carbonyl (C=O) groups excluding carboxylic acids is 1. The van der Waals surface area contributed by atoms with Crippen LogP contribution in [0.1, 0.15) is 34.2 Å². The number of nitrogens with zero attached hydrogens (tertiary/aromatic N) is 3. The van der Waals surface area contributed by atoms with Crippen LogP contribution in [0.3, 0.4) is 0 Å². The Bertz CT molecular complexity index is 1170. The van der Waals surface area contributed by atoms with Crippen molar-refractivity contribution in [3.63, 3.8) is 0 Å². The summed E-state index contributed by atoms with van der Waals surface area (Å²) in [5, 5.41) is 7.28. The highest BCUT2D eigenvalue weighted by molar-refractivity contribution is 7.91. The molecule has 0 saturated carbocycles. The molecule has 3 aromatic rings. The second-order valence-corrected chi connectivity index (χ2v) is 9.55. The van der Waals surface area contributed by atoms with Gasteiger partial charge >= 0.3 is 0 Å². The molecule has 3 heterocycles. The number of aromatic nitrogens is 3. The van der Waals surface area contributed by atoms with Crippen LogP contribution in [0.25, 0.3) is 11.3 Å². The van der Waals surface area contributed by atoms with E-state index in [1.165, 1.54) is 0 Å². The van der Waals surface area contributed by atoms with E-state index in [-0.39, 0.29) is 23.5 Å². The van der Waals surface area contributed by atoms with Gasteiger partial charge in [-0.1, -0.05) is 30.3 Å². The van der Waals surface area contributed by atoms with Crippen LogP contribution in [0, 0.1) is 13.8 Å². The minimum atomic E-state index is -3.05. The van der Waals surface area contributed by atoms with Crippen LogP contribution >= 0.6 is 0 Å². The average molecular weight is 410 g/mol. The summed E-state index contributed by atoms with van der Waals surface area (Å²) in [5.41, 5.74) is 3.60. The fraction of sp³-hybridized carbons (Fsp3) is 0.286. The maximum absolute atomic E-state index is 12.9. The van der Waals surface area contributed by atoms with Gasteiger partial charge in [0.1, 0.15) is 5.82 Å². The van der Waals surface area contributed by atoms with Crippen LogP contribution in [0.5, 0.6) is 0 Å². The van der Waals surface area contributed by atoms with Crippen molar-refractivity contribution in [1.82, 2.24) is 14.8 Å². The van der Waals surface area contributed by atoms with E-state index in [9.17, 15) is 13.2 Å². The Morgan fingerprint density at radius 3 is 2.55 bits per heavy atom. The molecule has 1 aliphatic rings. The Morgan fingerprint density at radius 1 is 1.14 bits per heavy atom. The second kappa shape index (κ2) is 7.44. The number of rotatable bonds is 4. The third-order valence-electron chi connectivity index (χ3n) is 5.05. The molecule has 29 heavy (non-hydrogen) atoms. The van der Waals surface area contributed by atoms with Gasteiger partial charge < -0.3 is 5.32 Å². The van der Waals surface area contributed by atoms with Crippen LogP contribution in [0.2, 0.25) is 0 Å². The van der Waals surface area contributed by atoms with E-state index in [0.29, 0.717) is 23.5 Å².